The molecule has 1 aromatic carbocycles. The fourth-order valence-corrected chi connectivity index (χ4v) is 2.66. The molecule has 16 heavy (non-hydrogen) atoms. The lowest BCUT2D eigenvalue weighted by Crippen LogP contribution is -2.18. The van der Waals surface area contributed by atoms with Gasteiger partial charge >= 0.3 is 5.97 Å². The van der Waals surface area contributed by atoms with E-state index in [4.69, 9.17) is 11.6 Å². The highest BCUT2D eigenvalue weighted by Gasteiger charge is 2.19. The maximum atomic E-state index is 13.0. The minimum atomic E-state index is -0.503. The third kappa shape index (κ3) is 3.43. The summed E-state index contributed by atoms with van der Waals surface area (Å²) in [6.45, 7) is 0. The number of hydrogen-bond acceptors (Lipinski definition) is 2. The van der Waals surface area contributed by atoms with E-state index in [9.17, 15) is 9.18 Å². The van der Waals surface area contributed by atoms with Crippen LogP contribution in [0.4, 0.5) is 4.39 Å². The van der Waals surface area contributed by atoms with Crippen LogP contribution in [0.25, 0.3) is 0 Å². The first kappa shape index (κ1) is 13.9. The third-order valence-electron chi connectivity index (χ3n) is 1.95. The van der Waals surface area contributed by atoms with Gasteiger partial charge < -0.3 is 4.74 Å². The average Bonchev–Trinajstić information content (AvgIpc) is 2.21. The van der Waals surface area contributed by atoms with Gasteiger partial charge in [-0.15, -0.1) is 0 Å². The smallest absolute Gasteiger partial charge is 0.319 e. The molecule has 0 radical (unpaired) electrons. The quantitative estimate of drug-likeness (QED) is 0.595. The molecule has 0 heterocycles. The number of carbonyl (C=O) groups is 1. The molecule has 1 unspecified atom stereocenters. The molecule has 0 spiro atoms. The average molecular weight is 374 g/mol. The van der Waals surface area contributed by atoms with Crippen LogP contribution in [-0.2, 0) is 16.0 Å². The van der Waals surface area contributed by atoms with Crippen LogP contribution in [-0.4, -0.2) is 17.9 Å². The molecule has 88 valence electrons. The minimum absolute atomic E-state index is 0.278. The van der Waals surface area contributed by atoms with E-state index >= 15 is 0 Å². The van der Waals surface area contributed by atoms with Crippen LogP contribution in [0.5, 0.6) is 0 Å². The highest BCUT2D eigenvalue weighted by Crippen LogP contribution is 2.29. The molecule has 0 amide bonds. The molecule has 6 heteroatoms. The Morgan fingerprint density at radius 3 is 2.75 bits per heavy atom. The van der Waals surface area contributed by atoms with Crippen molar-refractivity contribution in [2.45, 2.75) is 11.2 Å². The zero-order chi connectivity index (χ0) is 12.3. The Balaban J connectivity index is 2.93. The lowest BCUT2D eigenvalue weighted by atomic mass is 10.1. The summed E-state index contributed by atoms with van der Waals surface area (Å²) in [5, 5.41) is 0.278. The van der Waals surface area contributed by atoms with E-state index < -0.39 is 16.6 Å². The number of rotatable bonds is 3. The van der Waals surface area contributed by atoms with Gasteiger partial charge in [-0.2, -0.15) is 0 Å². The number of alkyl halides is 1. The van der Waals surface area contributed by atoms with Crippen molar-refractivity contribution in [3.8, 4) is 0 Å². The molecule has 0 aliphatic rings. The molecule has 0 aromatic heterocycles. The Morgan fingerprint density at radius 2 is 2.25 bits per heavy atom. The van der Waals surface area contributed by atoms with E-state index in [0.717, 1.165) is 0 Å². The maximum Gasteiger partial charge on any atom is 0.319 e. The van der Waals surface area contributed by atoms with Gasteiger partial charge in [0.2, 0.25) is 0 Å². The first-order chi connectivity index (χ1) is 7.45. The number of esters is 1. The first-order valence-electron chi connectivity index (χ1n) is 4.31. The highest BCUT2D eigenvalue weighted by molar-refractivity contribution is 9.10. The zero-order valence-electron chi connectivity index (χ0n) is 8.27. The van der Waals surface area contributed by atoms with Crippen molar-refractivity contribution in [1.82, 2.24) is 0 Å². The number of halogens is 4. The number of benzene rings is 1. The fourth-order valence-electron chi connectivity index (χ4n) is 1.16. The second kappa shape index (κ2) is 5.98. The van der Waals surface area contributed by atoms with Crippen molar-refractivity contribution >= 4 is 49.4 Å². The largest absolute Gasteiger partial charge is 0.468 e. The molecule has 1 atom stereocenters. The molecule has 0 bridgehead atoms. The number of ether oxygens (including phenoxy) is 1. The Bertz CT molecular complexity index is 389. The third-order valence-corrected chi connectivity index (χ3v) is 3.69. The molecule has 0 aliphatic carbocycles. The zero-order valence-corrected chi connectivity index (χ0v) is 12.2. The lowest BCUT2D eigenvalue weighted by Gasteiger charge is -2.11. The number of methoxy groups -OCH3 is 1. The van der Waals surface area contributed by atoms with Gasteiger partial charge in [-0.25, -0.2) is 4.39 Å². The second-order valence-corrected chi connectivity index (χ2v) is 5.41. The van der Waals surface area contributed by atoms with Crippen LogP contribution in [0, 0.1) is 5.82 Å². The predicted octanol–water partition coefficient (Wildman–Crippen LogP) is 3.72. The van der Waals surface area contributed by atoms with Crippen molar-refractivity contribution in [3.63, 3.8) is 0 Å². The summed E-state index contributed by atoms with van der Waals surface area (Å²) < 4.78 is 18.1. The Hall–Kier alpha value is -0.130. The fraction of sp³-hybridized carbons (Fsp3) is 0.300. The van der Waals surface area contributed by atoms with Gasteiger partial charge in [0.25, 0.3) is 0 Å². The van der Waals surface area contributed by atoms with E-state index in [1.54, 1.807) is 0 Å². The van der Waals surface area contributed by atoms with Gasteiger partial charge in [-0.05, 0) is 24.1 Å². The van der Waals surface area contributed by atoms with Crippen LogP contribution < -0.4 is 0 Å². The van der Waals surface area contributed by atoms with E-state index in [1.165, 1.54) is 19.2 Å². The van der Waals surface area contributed by atoms with Crippen molar-refractivity contribution in [1.29, 1.82) is 0 Å². The number of hydrogen-bond donors (Lipinski definition) is 0. The van der Waals surface area contributed by atoms with Crippen LogP contribution in [0.2, 0.25) is 5.02 Å². The van der Waals surface area contributed by atoms with Gasteiger partial charge in [0.05, 0.1) is 7.11 Å². The number of carbonyl (C=O) groups excluding carboxylic acids is 1. The molecule has 1 rings (SSSR count). The Labute approximate surface area is 114 Å². The van der Waals surface area contributed by atoms with Crippen molar-refractivity contribution < 1.29 is 13.9 Å². The van der Waals surface area contributed by atoms with E-state index in [2.05, 4.69) is 36.6 Å². The summed E-state index contributed by atoms with van der Waals surface area (Å²) in [5.74, 6) is -0.822. The Kier molecular flexibility index (Phi) is 5.21. The summed E-state index contributed by atoms with van der Waals surface area (Å²) in [6.07, 6.45) is 0.326. The summed E-state index contributed by atoms with van der Waals surface area (Å²) in [5.41, 5.74) is 0.662. The summed E-state index contributed by atoms with van der Waals surface area (Å²) in [7, 11) is 1.30. The molecular weight excluding hydrogens is 366 g/mol. The predicted molar refractivity (Wildman–Crippen MR) is 67.5 cm³/mol. The molecule has 2 nitrogen and oxygen atoms in total. The van der Waals surface area contributed by atoms with Crippen LogP contribution >= 0.6 is 43.5 Å². The molecule has 1 aromatic rings. The molecule has 0 saturated carbocycles. The SMILES string of the molecule is COC(=O)C(Br)Cc1c(Cl)cc(F)cc1Br. The lowest BCUT2D eigenvalue weighted by molar-refractivity contribution is -0.139. The topological polar surface area (TPSA) is 26.3 Å². The van der Waals surface area contributed by atoms with E-state index in [1.807, 2.05) is 0 Å². The standard InChI is InChI=1S/C10H8Br2ClFO2/c1-16-10(15)8(12)4-6-7(11)2-5(14)3-9(6)13/h2-3,8H,4H2,1H3. The van der Waals surface area contributed by atoms with Crippen LogP contribution in [0.3, 0.4) is 0 Å². The highest BCUT2D eigenvalue weighted by atomic mass is 79.9. The van der Waals surface area contributed by atoms with Crippen LogP contribution in [0.15, 0.2) is 16.6 Å². The van der Waals surface area contributed by atoms with Gasteiger partial charge in [0.1, 0.15) is 10.6 Å². The van der Waals surface area contributed by atoms with Crippen molar-refractivity contribution in [2.24, 2.45) is 0 Å². The van der Waals surface area contributed by atoms with E-state index in [0.29, 0.717) is 16.5 Å². The summed E-state index contributed by atoms with van der Waals surface area (Å²) >= 11 is 12.3. The van der Waals surface area contributed by atoms with Crippen molar-refractivity contribution in [2.75, 3.05) is 7.11 Å². The van der Waals surface area contributed by atoms with Crippen LogP contribution in [0.1, 0.15) is 5.56 Å². The van der Waals surface area contributed by atoms with Gasteiger partial charge in [-0.3, -0.25) is 4.79 Å². The van der Waals surface area contributed by atoms with E-state index in [-0.39, 0.29) is 5.02 Å². The summed E-state index contributed by atoms with van der Waals surface area (Å²) in [6, 6.07) is 2.51. The molecule has 0 aliphatic heterocycles. The summed E-state index contributed by atoms with van der Waals surface area (Å²) in [4.78, 5) is 10.7. The van der Waals surface area contributed by atoms with Gasteiger partial charge in [0.15, 0.2) is 0 Å². The molecule has 0 fully saturated rings. The van der Waals surface area contributed by atoms with Gasteiger partial charge in [-0.1, -0.05) is 43.5 Å². The van der Waals surface area contributed by atoms with Crippen molar-refractivity contribution in [3.05, 3.63) is 33.0 Å². The molecular formula is C10H8Br2ClFO2. The normalized spacial score (nSPS) is 12.3. The van der Waals surface area contributed by atoms with Gasteiger partial charge in [0, 0.05) is 9.50 Å². The first-order valence-corrected chi connectivity index (χ1v) is 6.39. The molecule has 0 N–H and O–H groups in total. The monoisotopic (exact) mass is 372 g/mol. The second-order valence-electron chi connectivity index (χ2n) is 3.04. The molecule has 0 saturated heterocycles. The minimum Gasteiger partial charge on any atom is -0.468 e. The Morgan fingerprint density at radius 1 is 1.62 bits per heavy atom. The maximum absolute atomic E-state index is 13.0.